The first-order valence-corrected chi connectivity index (χ1v) is 8.81. The summed E-state index contributed by atoms with van der Waals surface area (Å²) in [5.41, 5.74) is 0. The van der Waals surface area contributed by atoms with Crippen LogP contribution in [-0.2, 0) is 10.0 Å². The molecule has 1 saturated heterocycles. The number of nitrogens with zero attached hydrogens (tertiary/aromatic N) is 2. The van der Waals surface area contributed by atoms with Crippen LogP contribution in [0.25, 0.3) is 0 Å². The molecule has 0 spiro atoms. The monoisotopic (exact) mass is 362 g/mol. The van der Waals surface area contributed by atoms with Gasteiger partial charge in [-0.25, -0.2) is 8.42 Å². The maximum absolute atomic E-state index is 12.2. The van der Waals surface area contributed by atoms with Gasteiger partial charge in [-0.1, -0.05) is 0 Å². The van der Waals surface area contributed by atoms with Gasteiger partial charge in [-0.05, 0) is 40.9 Å². The number of piperazine rings is 1. The minimum Gasteiger partial charge on any atom is -0.444 e. The van der Waals surface area contributed by atoms with E-state index in [0.717, 1.165) is 12.8 Å². The molecule has 0 unspecified atom stereocenters. The highest BCUT2D eigenvalue weighted by Crippen LogP contribution is 2.31. The van der Waals surface area contributed by atoms with Gasteiger partial charge in [0.15, 0.2) is 10.4 Å². The molecule has 0 atom stereocenters. The fourth-order valence-electron chi connectivity index (χ4n) is 2.31. The van der Waals surface area contributed by atoms with Gasteiger partial charge in [0.25, 0.3) is 5.91 Å². The largest absolute Gasteiger partial charge is 0.444 e. The molecule has 1 amide bonds. The van der Waals surface area contributed by atoms with Crippen LogP contribution >= 0.6 is 15.9 Å². The molecular formula is C12H15BrN2O4S. The molecule has 1 saturated carbocycles. The Labute approximate surface area is 125 Å². The van der Waals surface area contributed by atoms with Crippen LogP contribution in [0.3, 0.4) is 0 Å². The highest BCUT2D eigenvalue weighted by atomic mass is 79.9. The summed E-state index contributed by atoms with van der Waals surface area (Å²) in [4.78, 5) is 13.8. The summed E-state index contributed by atoms with van der Waals surface area (Å²) in [6.45, 7) is 1.55. The Hall–Kier alpha value is -0.860. The van der Waals surface area contributed by atoms with E-state index >= 15 is 0 Å². The van der Waals surface area contributed by atoms with Crippen LogP contribution in [0, 0.1) is 0 Å². The molecule has 0 bridgehead atoms. The average molecular weight is 363 g/mol. The van der Waals surface area contributed by atoms with Crippen molar-refractivity contribution in [3.63, 3.8) is 0 Å². The van der Waals surface area contributed by atoms with Crippen molar-refractivity contribution in [1.82, 2.24) is 9.21 Å². The van der Waals surface area contributed by atoms with E-state index in [0.29, 0.717) is 30.8 Å². The number of amides is 1. The highest BCUT2D eigenvalue weighted by Gasteiger charge is 2.41. The molecule has 110 valence electrons. The quantitative estimate of drug-likeness (QED) is 0.812. The summed E-state index contributed by atoms with van der Waals surface area (Å²) in [5.74, 6) is 0.0783. The molecule has 3 rings (SSSR count). The smallest absolute Gasteiger partial charge is 0.289 e. The molecular weight excluding hydrogens is 348 g/mol. The molecule has 1 aliphatic carbocycles. The van der Waals surface area contributed by atoms with E-state index in [1.165, 1.54) is 4.31 Å². The van der Waals surface area contributed by atoms with Gasteiger partial charge < -0.3 is 9.32 Å². The summed E-state index contributed by atoms with van der Waals surface area (Å²) in [5, 5.41) is -0.189. The molecule has 0 radical (unpaired) electrons. The van der Waals surface area contributed by atoms with Crippen LogP contribution in [0.5, 0.6) is 0 Å². The van der Waals surface area contributed by atoms with Crippen molar-refractivity contribution in [3.05, 3.63) is 22.6 Å². The zero-order valence-corrected chi connectivity index (χ0v) is 13.2. The average Bonchev–Trinajstić information content (AvgIpc) is 3.21. The lowest BCUT2D eigenvalue weighted by Gasteiger charge is -2.33. The molecule has 1 aromatic heterocycles. The van der Waals surface area contributed by atoms with Crippen molar-refractivity contribution < 1.29 is 17.6 Å². The predicted molar refractivity (Wildman–Crippen MR) is 75.8 cm³/mol. The topological polar surface area (TPSA) is 70.8 Å². The molecule has 1 aromatic rings. The maximum atomic E-state index is 12.2. The number of carbonyl (C=O) groups excluding carboxylic acids is 1. The molecule has 2 aliphatic rings. The zero-order valence-electron chi connectivity index (χ0n) is 10.8. The van der Waals surface area contributed by atoms with E-state index in [-0.39, 0.29) is 16.9 Å². The Morgan fingerprint density at radius 3 is 2.35 bits per heavy atom. The number of halogens is 1. The van der Waals surface area contributed by atoms with Gasteiger partial charge in [-0.3, -0.25) is 4.79 Å². The van der Waals surface area contributed by atoms with Crippen molar-refractivity contribution in [2.24, 2.45) is 0 Å². The van der Waals surface area contributed by atoms with Gasteiger partial charge >= 0.3 is 0 Å². The fourth-order valence-corrected chi connectivity index (χ4v) is 4.44. The Bertz CT molecular complexity index is 615. The van der Waals surface area contributed by atoms with Gasteiger partial charge in [0, 0.05) is 26.2 Å². The number of rotatable bonds is 3. The van der Waals surface area contributed by atoms with Crippen molar-refractivity contribution in [1.29, 1.82) is 0 Å². The van der Waals surface area contributed by atoms with E-state index in [2.05, 4.69) is 15.9 Å². The van der Waals surface area contributed by atoms with Crippen LogP contribution in [0.4, 0.5) is 0 Å². The van der Waals surface area contributed by atoms with E-state index in [9.17, 15) is 13.2 Å². The molecule has 6 nitrogen and oxygen atoms in total. The summed E-state index contributed by atoms with van der Waals surface area (Å²) in [6.07, 6.45) is 1.53. The van der Waals surface area contributed by atoms with Crippen LogP contribution in [0.15, 0.2) is 21.2 Å². The van der Waals surface area contributed by atoms with Crippen LogP contribution in [0.2, 0.25) is 0 Å². The number of hydrogen-bond acceptors (Lipinski definition) is 4. The molecule has 1 aliphatic heterocycles. The van der Waals surface area contributed by atoms with Gasteiger partial charge in [0.05, 0.1) is 5.25 Å². The first-order chi connectivity index (χ1) is 9.48. The molecule has 20 heavy (non-hydrogen) atoms. The first-order valence-electron chi connectivity index (χ1n) is 6.52. The lowest BCUT2D eigenvalue weighted by atomic mass is 10.3. The van der Waals surface area contributed by atoms with Crippen LogP contribution < -0.4 is 0 Å². The number of hydrogen-bond donors (Lipinski definition) is 0. The van der Waals surface area contributed by atoms with Crippen LogP contribution in [-0.4, -0.2) is 55.0 Å². The fraction of sp³-hybridized carbons (Fsp3) is 0.583. The van der Waals surface area contributed by atoms with E-state index in [4.69, 9.17) is 4.42 Å². The second-order valence-electron chi connectivity index (χ2n) is 5.04. The molecule has 8 heteroatoms. The van der Waals surface area contributed by atoms with Crippen molar-refractivity contribution in [2.75, 3.05) is 26.2 Å². The number of carbonyl (C=O) groups is 1. The minimum atomic E-state index is -3.13. The standard InChI is InChI=1S/C12H15BrN2O4S/c13-11-4-3-10(19-11)12(16)14-5-7-15(8-6-14)20(17,18)9-1-2-9/h3-4,9H,1-2,5-8H2. The van der Waals surface area contributed by atoms with Crippen molar-refractivity contribution in [2.45, 2.75) is 18.1 Å². The predicted octanol–water partition coefficient (Wildman–Crippen LogP) is 1.29. The molecule has 0 N–H and O–H groups in total. The Kier molecular flexibility index (Phi) is 3.64. The zero-order chi connectivity index (χ0) is 14.3. The van der Waals surface area contributed by atoms with E-state index in [1.807, 2.05) is 0 Å². The summed E-state index contributed by atoms with van der Waals surface area (Å²) in [7, 11) is -3.13. The second kappa shape index (κ2) is 5.16. The van der Waals surface area contributed by atoms with Gasteiger partial charge in [0.2, 0.25) is 10.0 Å². The third-order valence-corrected chi connectivity index (χ3v) is 6.44. The molecule has 2 heterocycles. The SMILES string of the molecule is O=C(c1ccc(Br)o1)N1CCN(S(=O)(=O)C2CC2)CC1. The highest BCUT2D eigenvalue weighted by molar-refractivity contribution is 9.10. The molecule has 0 aromatic carbocycles. The van der Waals surface area contributed by atoms with Crippen LogP contribution in [0.1, 0.15) is 23.4 Å². The van der Waals surface area contributed by atoms with Crippen molar-refractivity contribution >= 4 is 31.9 Å². The Morgan fingerprint density at radius 2 is 1.85 bits per heavy atom. The third-order valence-electron chi connectivity index (χ3n) is 3.62. The van der Waals surface area contributed by atoms with E-state index < -0.39 is 10.0 Å². The molecule has 2 fully saturated rings. The maximum Gasteiger partial charge on any atom is 0.289 e. The first kappa shape index (κ1) is 14.1. The van der Waals surface area contributed by atoms with E-state index in [1.54, 1.807) is 17.0 Å². The third kappa shape index (κ3) is 2.64. The second-order valence-corrected chi connectivity index (χ2v) is 8.03. The summed E-state index contributed by atoms with van der Waals surface area (Å²) in [6, 6.07) is 3.28. The normalized spacial score (nSPS) is 21.1. The summed E-state index contributed by atoms with van der Waals surface area (Å²) < 4.78 is 31.4. The lowest BCUT2D eigenvalue weighted by Crippen LogP contribution is -2.51. The Morgan fingerprint density at radius 1 is 1.20 bits per heavy atom. The van der Waals surface area contributed by atoms with Gasteiger partial charge in [0.1, 0.15) is 0 Å². The van der Waals surface area contributed by atoms with Gasteiger partial charge in [-0.15, -0.1) is 0 Å². The number of sulfonamides is 1. The Balaban J connectivity index is 1.62. The van der Waals surface area contributed by atoms with Crippen molar-refractivity contribution in [3.8, 4) is 0 Å². The summed E-state index contributed by atoms with van der Waals surface area (Å²) >= 11 is 3.16. The minimum absolute atomic E-state index is 0.189. The number of furan rings is 1. The van der Waals surface area contributed by atoms with Gasteiger partial charge in [-0.2, -0.15) is 4.31 Å². The lowest BCUT2D eigenvalue weighted by molar-refractivity contribution is 0.0664.